The third kappa shape index (κ3) is 4.63. The number of hydrogen-bond donors (Lipinski definition) is 0. The van der Waals surface area contributed by atoms with Crippen molar-refractivity contribution in [3.63, 3.8) is 0 Å². The number of carbonyl (C=O) groups is 3. The van der Waals surface area contributed by atoms with Gasteiger partial charge in [0.25, 0.3) is 11.7 Å². The molecule has 2 aromatic heterocycles. The molecule has 1 fully saturated rings. The lowest BCUT2D eigenvalue weighted by Gasteiger charge is -2.36. The molecule has 0 saturated carbocycles. The van der Waals surface area contributed by atoms with Gasteiger partial charge in [-0.3, -0.25) is 9.59 Å². The summed E-state index contributed by atoms with van der Waals surface area (Å²) in [6, 6.07) is 7.31. The van der Waals surface area contributed by atoms with Crippen molar-refractivity contribution in [3.05, 3.63) is 58.3 Å². The normalized spacial score (nSPS) is 15.2. The second kappa shape index (κ2) is 9.46. The third-order valence-electron chi connectivity index (χ3n) is 5.93. The molecule has 0 aliphatic carbocycles. The molecule has 3 heterocycles. The minimum absolute atomic E-state index is 0.0165. The van der Waals surface area contributed by atoms with Crippen molar-refractivity contribution in [2.45, 2.75) is 24.9 Å². The molecule has 0 atom stereocenters. The van der Waals surface area contributed by atoms with Gasteiger partial charge in [-0.05, 0) is 30.5 Å². The standard InChI is InChI=1S/C24H22F2N2O5S/c1-32-17-11-18-19(16(13-34-18)21(29)23(31)33-2)27-20(17)22(30)28-9-7-24(26,8-10-28)12-14-3-5-15(25)6-4-14/h3-6,11,13H,7-10,12H2,1-2H3. The molecule has 1 amide bonds. The van der Waals surface area contributed by atoms with Gasteiger partial charge >= 0.3 is 5.97 Å². The number of hydrogen-bond acceptors (Lipinski definition) is 7. The first-order valence-electron chi connectivity index (χ1n) is 10.6. The van der Waals surface area contributed by atoms with Gasteiger partial charge in [0, 0.05) is 31.0 Å². The molecule has 0 bridgehead atoms. The van der Waals surface area contributed by atoms with E-state index in [2.05, 4.69) is 9.72 Å². The van der Waals surface area contributed by atoms with E-state index >= 15 is 4.39 Å². The monoisotopic (exact) mass is 488 g/mol. The zero-order valence-electron chi connectivity index (χ0n) is 18.6. The number of nitrogens with zero attached hydrogens (tertiary/aromatic N) is 2. The highest BCUT2D eigenvalue weighted by atomic mass is 32.1. The summed E-state index contributed by atoms with van der Waals surface area (Å²) in [6.45, 7) is 0.327. The Balaban J connectivity index is 1.55. The van der Waals surface area contributed by atoms with Gasteiger partial charge in [-0.25, -0.2) is 18.6 Å². The Hall–Kier alpha value is -3.40. The van der Waals surface area contributed by atoms with Crippen LogP contribution in [0.25, 0.3) is 10.2 Å². The highest BCUT2D eigenvalue weighted by molar-refractivity contribution is 7.17. The van der Waals surface area contributed by atoms with Crippen LogP contribution in [0.1, 0.15) is 39.3 Å². The number of ether oxygens (including phenoxy) is 2. The number of methoxy groups -OCH3 is 2. The predicted octanol–water partition coefficient (Wildman–Crippen LogP) is 3.99. The van der Waals surface area contributed by atoms with E-state index in [-0.39, 0.29) is 60.7 Å². The number of Topliss-reactive ketones (excluding diaryl/α,β-unsaturated/α-hetero) is 1. The van der Waals surface area contributed by atoms with Crippen molar-refractivity contribution in [1.29, 1.82) is 0 Å². The van der Waals surface area contributed by atoms with Gasteiger partial charge in [0.2, 0.25) is 0 Å². The van der Waals surface area contributed by atoms with Crippen molar-refractivity contribution >= 4 is 39.2 Å². The number of rotatable bonds is 6. The summed E-state index contributed by atoms with van der Waals surface area (Å²) in [5.74, 6) is -2.49. The number of aromatic nitrogens is 1. The number of carbonyl (C=O) groups excluding carboxylic acids is 3. The average molecular weight is 489 g/mol. The predicted molar refractivity (Wildman–Crippen MR) is 122 cm³/mol. The van der Waals surface area contributed by atoms with Crippen molar-refractivity contribution in [1.82, 2.24) is 9.88 Å². The van der Waals surface area contributed by atoms with Crippen LogP contribution in [-0.2, 0) is 16.0 Å². The minimum Gasteiger partial charge on any atom is -0.494 e. The Kier molecular flexibility index (Phi) is 6.60. The fourth-order valence-electron chi connectivity index (χ4n) is 4.02. The number of piperidine rings is 1. The van der Waals surface area contributed by atoms with E-state index in [1.54, 1.807) is 18.2 Å². The first-order valence-corrected chi connectivity index (χ1v) is 11.4. The van der Waals surface area contributed by atoms with Crippen molar-refractivity contribution in [2.75, 3.05) is 27.3 Å². The van der Waals surface area contributed by atoms with Crippen LogP contribution in [0.4, 0.5) is 8.78 Å². The summed E-state index contributed by atoms with van der Waals surface area (Å²) in [6.07, 6.45) is 0.368. The van der Waals surface area contributed by atoms with Crippen LogP contribution >= 0.6 is 11.3 Å². The van der Waals surface area contributed by atoms with Crippen LogP contribution in [0.3, 0.4) is 0 Å². The van der Waals surface area contributed by atoms with E-state index in [9.17, 15) is 18.8 Å². The Labute approximate surface area is 198 Å². The molecule has 0 N–H and O–H groups in total. The van der Waals surface area contributed by atoms with Gasteiger partial charge in [-0.15, -0.1) is 11.3 Å². The maximum atomic E-state index is 15.4. The number of amides is 1. The van der Waals surface area contributed by atoms with Crippen LogP contribution in [0.2, 0.25) is 0 Å². The number of alkyl halides is 1. The molecular weight excluding hydrogens is 466 g/mol. The van der Waals surface area contributed by atoms with Crippen LogP contribution in [0.5, 0.6) is 5.75 Å². The molecule has 1 aliphatic rings. The summed E-state index contributed by atoms with van der Waals surface area (Å²) < 4.78 is 39.0. The van der Waals surface area contributed by atoms with E-state index < -0.39 is 23.3 Å². The zero-order valence-corrected chi connectivity index (χ0v) is 19.4. The second-order valence-corrected chi connectivity index (χ2v) is 9.01. The van der Waals surface area contributed by atoms with E-state index in [1.807, 2.05) is 0 Å². The van der Waals surface area contributed by atoms with Gasteiger partial charge in [-0.2, -0.15) is 0 Å². The third-order valence-corrected chi connectivity index (χ3v) is 6.85. The lowest BCUT2D eigenvalue weighted by molar-refractivity contribution is -0.135. The molecule has 3 aromatic rings. The van der Waals surface area contributed by atoms with Gasteiger partial charge in [0.1, 0.15) is 11.5 Å². The number of thiophene rings is 1. The first-order chi connectivity index (χ1) is 16.2. The zero-order chi connectivity index (χ0) is 24.5. The SMILES string of the molecule is COC(=O)C(=O)c1csc2cc(OC)c(C(=O)N3CCC(F)(Cc4ccc(F)cc4)CC3)nc12. The summed E-state index contributed by atoms with van der Waals surface area (Å²) in [5.41, 5.74) is -0.583. The quantitative estimate of drug-likeness (QED) is 0.296. The molecule has 178 valence electrons. The molecule has 0 radical (unpaired) electrons. The number of esters is 1. The fraction of sp³-hybridized carbons (Fsp3) is 0.333. The Morgan fingerprint density at radius 2 is 1.82 bits per heavy atom. The lowest BCUT2D eigenvalue weighted by Crippen LogP contribution is -2.45. The maximum Gasteiger partial charge on any atom is 0.379 e. The number of pyridine rings is 1. The molecule has 34 heavy (non-hydrogen) atoms. The largest absolute Gasteiger partial charge is 0.494 e. The molecule has 0 spiro atoms. The van der Waals surface area contributed by atoms with Gasteiger partial charge in [0.15, 0.2) is 11.4 Å². The summed E-state index contributed by atoms with van der Waals surface area (Å²) in [4.78, 5) is 43.2. The molecular formula is C24H22F2N2O5S. The van der Waals surface area contributed by atoms with Crippen molar-refractivity contribution in [2.24, 2.45) is 0 Å². The molecule has 7 nitrogen and oxygen atoms in total. The van der Waals surface area contributed by atoms with E-state index in [1.165, 1.54) is 40.9 Å². The smallest absolute Gasteiger partial charge is 0.379 e. The molecule has 0 unspecified atom stereocenters. The first kappa shape index (κ1) is 23.7. The van der Waals surface area contributed by atoms with Gasteiger partial charge in [0.05, 0.1) is 30.0 Å². The molecule has 1 aromatic carbocycles. The maximum absolute atomic E-state index is 15.4. The minimum atomic E-state index is -1.51. The van der Waals surface area contributed by atoms with Crippen LogP contribution < -0.4 is 4.74 Å². The van der Waals surface area contributed by atoms with E-state index in [0.717, 1.165) is 7.11 Å². The molecule has 10 heteroatoms. The van der Waals surface area contributed by atoms with E-state index in [0.29, 0.717) is 10.3 Å². The summed E-state index contributed by atoms with van der Waals surface area (Å²) in [5, 5.41) is 1.48. The van der Waals surface area contributed by atoms with Crippen molar-refractivity contribution in [3.8, 4) is 5.75 Å². The Bertz CT molecular complexity index is 1250. The number of ketones is 1. The summed E-state index contributed by atoms with van der Waals surface area (Å²) >= 11 is 1.19. The Morgan fingerprint density at radius 3 is 2.44 bits per heavy atom. The highest BCUT2D eigenvalue weighted by Gasteiger charge is 2.37. The van der Waals surface area contributed by atoms with Crippen LogP contribution in [-0.4, -0.2) is 60.5 Å². The summed E-state index contributed by atoms with van der Waals surface area (Å²) in [7, 11) is 2.51. The lowest BCUT2D eigenvalue weighted by atomic mass is 9.87. The number of halogens is 2. The topological polar surface area (TPSA) is 85.8 Å². The molecule has 1 aliphatic heterocycles. The highest BCUT2D eigenvalue weighted by Crippen LogP contribution is 2.34. The van der Waals surface area contributed by atoms with Gasteiger partial charge < -0.3 is 14.4 Å². The fourth-order valence-corrected chi connectivity index (χ4v) is 4.92. The average Bonchev–Trinajstić information content (AvgIpc) is 3.26. The second-order valence-electron chi connectivity index (χ2n) is 8.10. The number of fused-ring (bicyclic) bond motifs is 1. The van der Waals surface area contributed by atoms with Gasteiger partial charge in [-0.1, -0.05) is 12.1 Å². The molecule has 1 saturated heterocycles. The van der Waals surface area contributed by atoms with Crippen LogP contribution in [0.15, 0.2) is 35.7 Å². The Morgan fingerprint density at radius 1 is 1.15 bits per heavy atom. The number of benzene rings is 1. The molecule has 4 rings (SSSR count). The number of likely N-dealkylation sites (tertiary alicyclic amines) is 1. The van der Waals surface area contributed by atoms with E-state index in [4.69, 9.17) is 4.74 Å². The van der Waals surface area contributed by atoms with Crippen molar-refractivity contribution < 1.29 is 32.6 Å². The van der Waals surface area contributed by atoms with Crippen LogP contribution in [0, 0.1) is 5.82 Å².